The lowest BCUT2D eigenvalue weighted by atomic mass is 10.0. The van der Waals surface area contributed by atoms with Crippen molar-refractivity contribution < 1.29 is 23.4 Å². The predicted molar refractivity (Wildman–Crippen MR) is 103 cm³/mol. The van der Waals surface area contributed by atoms with E-state index in [-0.39, 0.29) is 17.0 Å². The van der Waals surface area contributed by atoms with E-state index in [4.69, 9.17) is 5.11 Å². The Hall–Kier alpha value is -3.32. The number of hydrogen-bond donors (Lipinski definition) is 3. The van der Waals surface area contributed by atoms with Crippen LogP contribution in [0.1, 0.15) is 15.9 Å². The summed E-state index contributed by atoms with van der Waals surface area (Å²) in [6, 6.07) is 20.4. The van der Waals surface area contributed by atoms with Gasteiger partial charge >= 0.3 is 5.97 Å². The smallest absolute Gasteiger partial charge is 0.339 e. The van der Waals surface area contributed by atoms with Gasteiger partial charge in [0.1, 0.15) is 11.3 Å². The van der Waals surface area contributed by atoms with Crippen molar-refractivity contribution in [2.24, 2.45) is 0 Å². The second kappa shape index (κ2) is 7.51. The van der Waals surface area contributed by atoms with E-state index in [1.807, 2.05) is 42.5 Å². The first-order chi connectivity index (χ1) is 12.8. The minimum Gasteiger partial charge on any atom is -0.507 e. The van der Waals surface area contributed by atoms with Crippen LogP contribution in [0.4, 0.5) is 5.69 Å². The van der Waals surface area contributed by atoms with E-state index in [1.165, 1.54) is 6.07 Å². The molecule has 3 aromatic carbocycles. The van der Waals surface area contributed by atoms with E-state index in [1.54, 1.807) is 12.1 Å². The molecule has 0 aliphatic carbocycles. The lowest BCUT2D eigenvalue weighted by molar-refractivity contribution is 0.0694. The van der Waals surface area contributed by atoms with Gasteiger partial charge in [0, 0.05) is 6.07 Å². The number of anilines is 1. The van der Waals surface area contributed by atoms with E-state index >= 15 is 0 Å². The van der Waals surface area contributed by atoms with Crippen molar-refractivity contribution in [2.45, 2.75) is 5.75 Å². The predicted octanol–water partition coefficient (Wildman–Crippen LogP) is 3.70. The Morgan fingerprint density at radius 3 is 2.11 bits per heavy atom. The Balaban J connectivity index is 1.73. The number of aromatic carboxylic acids is 1. The van der Waals surface area contributed by atoms with Gasteiger partial charge in [0.25, 0.3) is 0 Å². The Bertz CT molecular complexity index is 1060. The monoisotopic (exact) mass is 383 g/mol. The van der Waals surface area contributed by atoms with Gasteiger partial charge in [-0.15, -0.1) is 0 Å². The van der Waals surface area contributed by atoms with Crippen LogP contribution in [0.3, 0.4) is 0 Å². The average Bonchev–Trinajstić information content (AvgIpc) is 2.62. The number of nitrogens with one attached hydrogen (secondary N) is 1. The number of carboxylic acid groups (broad SMARTS) is 1. The number of carboxylic acids is 1. The third kappa shape index (κ3) is 4.65. The first-order valence-electron chi connectivity index (χ1n) is 8.05. The first-order valence-corrected chi connectivity index (χ1v) is 9.70. The molecule has 0 aliphatic rings. The standard InChI is InChI=1S/C20H17NO5S/c22-19-12-17(10-11-18(19)20(23)24)21-27(25,26)13-14-6-8-16(9-7-14)15-4-2-1-3-5-15/h1-12,21-22H,13H2,(H,23,24). The second-order valence-corrected chi connectivity index (χ2v) is 7.68. The fourth-order valence-corrected chi connectivity index (χ4v) is 3.82. The lowest BCUT2D eigenvalue weighted by Crippen LogP contribution is -2.15. The zero-order valence-corrected chi connectivity index (χ0v) is 15.0. The highest BCUT2D eigenvalue weighted by Crippen LogP contribution is 2.24. The van der Waals surface area contributed by atoms with Crippen LogP contribution in [-0.2, 0) is 15.8 Å². The van der Waals surface area contributed by atoms with Gasteiger partial charge < -0.3 is 10.2 Å². The van der Waals surface area contributed by atoms with Crippen molar-refractivity contribution in [3.8, 4) is 16.9 Å². The minimum atomic E-state index is -3.72. The molecule has 0 unspecified atom stereocenters. The molecule has 27 heavy (non-hydrogen) atoms. The molecule has 3 aromatic rings. The summed E-state index contributed by atoms with van der Waals surface area (Å²) in [5, 5.41) is 18.6. The zero-order chi connectivity index (χ0) is 19.4. The molecule has 0 aromatic heterocycles. The number of phenols is 1. The number of rotatable bonds is 6. The number of benzene rings is 3. The molecule has 0 saturated carbocycles. The minimum absolute atomic E-state index is 0.0957. The Morgan fingerprint density at radius 1 is 0.889 bits per heavy atom. The number of sulfonamides is 1. The third-order valence-electron chi connectivity index (χ3n) is 3.92. The van der Waals surface area contributed by atoms with E-state index in [0.717, 1.165) is 23.3 Å². The van der Waals surface area contributed by atoms with Crippen LogP contribution in [0.25, 0.3) is 11.1 Å². The number of carbonyl (C=O) groups is 1. The van der Waals surface area contributed by atoms with Crippen LogP contribution in [0.15, 0.2) is 72.8 Å². The summed E-state index contributed by atoms with van der Waals surface area (Å²) >= 11 is 0. The highest BCUT2D eigenvalue weighted by Gasteiger charge is 2.15. The topological polar surface area (TPSA) is 104 Å². The largest absolute Gasteiger partial charge is 0.507 e. The van der Waals surface area contributed by atoms with Gasteiger partial charge in [-0.05, 0) is 28.8 Å². The van der Waals surface area contributed by atoms with Crippen molar-refractivity contribution in [1.29, 1.82) is 0 Å². The van der Waals surface area contributed by atoms with Gasteiger partial charge in [-0.3, -0.25) is 4.72 Å². The maximum absolute atomic E-state index is 12.3. The molecular formula is C20H17NO5S. The van der Waals surface area contributed by atoms with Gasteiger partial charge in [0.2, 0.25) is 10.0 Å². The number of aromatic hydroxyl groups is 1. The molecule has 0 fully saturated rings. The van der Waals surface area contributed by atoms with Crippen LogP contribution in [0, 0.1) is 0 Å². The third-order valence-corrected chi connectivity index (χ3v) is 5.18. The first kappa shape index (κ1) is 18.5. The summed E-state index contributed by atoms with van der Waals surface area (Å²) in [5.41, 5.74) is 2.43. The molecule has 0 aliphatic heterocycles. The lowest BCUT2D eigenvalue weighted by Gasteiger charge is -2.10. The molecule has 138 valence electrons. The summed E-state index contributed by atoms with van der Waals surface area (Å²) in [4.78, 5) is 10.9. The maximum atomic E-state index is 12.3. The van der Waals surface area contributed by atoms with Crippen LogP contribution < -0.4 is 4.72 Å². The van der Waals surface area contributed by atoms with E-state index in [2.05, 4.69) is 4.72 Å². The maximum Gasteiger partial charge on any atom is 0.339 e. The van der Waals surface area contributed by atoms with Gasteiger partial charge in [0.05, 0.1) is 11.4 Å². The van der Waals surface area contributed by atoms with Crippen LogP contribution >= 0.6 is 0 Å². The second-order valence-electron chi connectivity index (χ2n) is 5.96. The molecule has 3 N–H and O–H groups in total. The van der Waals surface area contributed by atoms with Crippen LogP contribution in [-0.4, -0.2) is 24.6 Å². The summed E-state index contributed by atoms with van der Waals surface area (Å²) in [6.45, 7) is 0. The molecule has 0 heterocycles. The molecule has 6 nitrogen and oxygen atoms in total. The van der Waals surface area contributed by atoms with E-state index < -0.39 is 21.7 Å². The molecule has 0 amide bonds. The fourth-order valence-electron chi connectivity index (χ4n) is 2.64. The highest BCUT2D eigenvalue weighted by atomic mass is 32.2. The van der Waals surface area contributed by atoms with Crippen molar-refractivity contribution in [3.05, 3.63) is 83.9 Å². The summed E-state index contributed by atoms with van der Waals surface area (Å²) in [7, 11) is -3.72. The fraction of sp³-hybridized carbons (Fsp3) is 0.0500. The van der Waals surface area contributed by atoms with Gasteiger partial charge in [0.15, 0.2) is 0 Å². The molecule has 0 saturated heterocycles. The molecular weight excluding hydrogens is 366 g/mol. The van der Waals surface area contributed by atoms with Crippen LogP contribution in [0.5, 0.6) is 5.75 Å². The molecule has 7 heteroatoms. The average molecular weight is 383 g/mol. The quantitative estimate of drug-likeness (QED) is 0.602. The summed E-state index contributed by atoms with van der Waals surface area (Å²) < 4.78 is 27.0. The molecule has 0 bridgehead atoms. The van der Waals surface area contributed by atoms with Crippen molar-refractivity contribution in [3.63, 3.8) is 0 Å². The molecule has 0 atom stereocenters. The SMILES string of the molecule is O=C(O)c1ccc(NS(=O)(=O)Cc2ccc(-c3ccccc3)cc2)cc1O. The molecule has 0 radical (unpaired) electrons. The van der Waals surface area contributed by atoms with Crippen molar-refractivity contribution >= 4 is 21.7 Å². The van der Waals surface area contributed by atoms with E-state index in [9.17, 15) is 18.3 Å². The Kier molecular flexibility index (Phi) is 5.14. The van der Waals surface area contributed by atoms with E-state index in [0.29, 0.717) is 5.56 Å². The van der Waals surface area contributed by atoms with Crippen molar-refractivity contribution in [2.75, 3.05) is 4.72 Å². The molecule has 0 spiro atoms. The summed E-state index contributed by atoms with van der Waals surface area (Å²) in [5.74, 6) is -2.04. The van der Waals surface area contributed by atoms with Crippen LogP contribution in [0.2, 0.25) is 0 Å². The number of hydrogen-bond acceptors (Lipinski definition) is 4. The summed E-state index contributed by atoms with van der Waals surface area (Å²) in [6.07, 6.45) is 0. The Labute approximate surface area is 156 Å². The molecule has 3 rings (SSSR count). The Morgan fingerprint density at radius 2 is 1.52 bits per heavy atom. The zero-order valence-electron chi connectivity index (χ0n) is 14.2. The van der Waals surface area contributed by atoms with Gasteiger partial charge in [-0.2, -0.15) is 0 Å². The van der Waals surface area contributed by atoms with Gasteiger partial charge in [-0.25, -0.2) is 13.2 Å². The van der Waals surface area contributed by atoms with Gasteiger partial charge in [-0.1, -0.05) is 54.6 Å². The normalized spacial score (nSPS) is 11.1. The highest BCUT2D eigenvalue weighted by molar-refractivity contribution is 7.91. The van der Waals surface area contributed by atoms with Crippen molar-refractivity contribution in [1.82, 2.24) is 0 Å².